The maximum absolute atomic E-state index is 11.9. The SMILES string of the molecule is COC(=O)N1CCN=C1SCC(=O)c1ccccc1. The Morgan fingerprint density at radius 1 is 1.37 bits per heavy atom. The quantitative estimate of drug-likeness (QED) is 0.794. The fraction of sp³-hybridized carbons (Fsp3) is 0.308. The molecule has 1 aromatic carbocycles. The van der Waals surface area contributed by atoms with Crippen LogP contribution in [0.3, 0.4) is 0 Å². The van der Waals surface area contributed by atoms with Crippen LogP contribution in [0.2, 0.25) is 0 Å². The van der Waals surface area contributed by atoms with Crippen molar-refractivity contribution in [2.75, 3.05) is 26.0 Å². The molecule has 0 bridgehead atoms. The normalized spacial score (nSPS) is 14.2. The van der Waals surface area contributed by atoms with Gasteiger partial charge in [0.05, 0.1) is 26.0 Å². The molecule has 0 aliphatic carbocycles. The van der Waals surface area contributed by atoms with E-state index in [0.29, 0.717) is 23.8 Å². The van der Waals surface area contributed by atoms with E-state index in [0.717, 1.165) is 0 Å². The highest BCUT2D eigenvalue weighted by Crippen LogP contribution is 2.17. The van der Waals surface area contributed by atoms with Crippen LogP contribution < -0.4 is 0 Å². The summed E-state index contributed by atoms with van der Waals surface area (Å²) < 4.78 is 4.66. The third-order valence-electron chi connectivity index (χ3n) is 2.62. The Hall–Kier alpha value is -1.82. The number of hydrogen-bond acceptors (Lipinski definition) is 5. The first-order valence-electron chi connectivity index (χ1n) is 5.83. The van der Waals surface area contributed by atoms with Gasteiger partial charge in [-0.25, -0.2) is 4.79 Å². The number of amides is 1. The average molecular weight is 278 g/mol. The molecule has 1 aromatic rings. The van der Waals surface area contributed by atoms with Crippen LogP contribution in [-0.2, 0) is 4.74 Å². The number of rotatable bonds is 3. The zero-order chi connectivity index (χ0) is 13.7. The second kappa shape index (κ2) is 6.38. The third-order valence-corrected chi connectivity index (χ3v) is 3.64. The van der Waals surface area contributed by atoms with Crippen molar-refractivity contribution in [3.05, 3.63) is 35.9 Å². The van der Waals surface area contributed by atoms with Crippen LogP contribution in [0.4, 0.5) is 4.79 Å². The zero-order valence-corrected chi connectivity index (χ0v) is 11.4. The van der Waals surface area contributed by atoms with Crippen molar-refractivity contribution in [3.63, 3.8) is 0 Å². The molecule has 0 atom stereocenters. The van der Waals surface area contributed by atoms with Crippen molar-refractivity contribution in [3.8, 4) is 0 Å². The molecule has 1 aliphatic heterocycles. The Morgan fingerprint density at radius 2 is 2.11 bits per heavy atom. The Labute approximate surface area is 115 Å². The Balaban J connectivity index is 1.92. The fourth-order valence-electron chi connectivity index (χ4n) is 1.67. The Kier molecular flexibility index (Phi) is 4.57. The van der Waals surface area contributed by atoms with Gasteiger partial charge in [-0.15, -0.1) is 0 Å². The summed E-state index contributed by atoms with van der Waals surface area (Å²) in [6.07, 6.45) is -0.434. The molecule has 0 aromatic heterocycles. The molecule has 0 radical (unpaired) electrons. The van der Waals surface area contributed by atoms with Gasteiger partial charge in [-0.3, -0.25) is 14.7 Å². The molecule has 0 spiro atoms. The molecule has 0 fully saturated rings. The summed E-state index contributed by atoms with van der Waals surface area (Å²) in [6, 6.07) is 9.07. The summed E-state index contributed by atoms with van der Waals surface area (Å²) in [6.45, 7) is 1.06. The zero-order valence-electron chi connectivity index (χ0n) is 10.5. The third kappa shape index (κ3) is 3.35. The van der Waals surface area contributed by atoms with E-state index in [4.69, 9.17) is 0 Å². The van der Waals surface area contributed by atoms with Crippen molar-refractivity contribution in [1.82, 2.24) is 4.90 Å². The van der Waals surface area contributed by atoms with Gasteiger partial charge >= 0.3 is 6.09 Å². The van der Waals surface area contributed by atoms with Gasteiger partial charge in [-0.2, -0.15) is 0 Å². The standard InChI is InChI=1S/C13H14N2O3S/c1-18-13(17)15-8-7-14-12(15)19-9-11(16)10-5-3-2-4-6-10/h2-6H,7-9H2,1H3. The molecular formula is C13H14N2O3S. The van der Waals surface area contributed by atoms with Crippen LogP contribution in [0.15, 0.2) is 35.3 Å². The number of carbonyl (C=O) groups is 2. The monoisotopic (exact) mass is 278 g/mol. The highest BCUT2D eigenvalue weighted by Gasteiger charge is 2.25. The van der Waals surface area contributed by atoms with E-state index in [1.165, 1.54) is 23.8 Å². The summed E-state index contributed by atoms with van der Waals surface area (Å²) in [5.74, 6) is 0.279. The van der Waals surface area contributed by atoms with Crippen LogP contribution >= 0.6 is 11.8 Å². The summed E-state index contributed by atoms with van der Waals surface area (Å²) in [5, 5.41) is 0.552. The second-order valence-electron chi connectivity index (χ2n) is 3.86. The first kappa shape index (κ1) is 13.6. The maximum Gasteiger partial charge on any atom is 0.415 e. The predicted molar refractivity (Wildman–Crippen MR) is 74.6 cm³/mol. The Morgan fingerprint density at radius 3 is 2.79 bits per heavy atom. The fourth-order valence-corrected chi connectivity index (χ4v) is 2.60. The molecule has 0 unspecified atom stereocenters. The number of aliphatic imine (C=N–C) groups is 1. The van der Waals surface area contributed by atoms with E-state index >= 15 is 0 Å². The molecule has 19 heavy (non-hydrogen) atoms. The highest BCUT2D eigenvalue weighted by molar-refractivity contribution is 8.14. The summed E-state index contributed by atoms with van der Waals surface area (Å²) in [7, 11) is 1.33. The first-order chi connectivity index (χ1) is 9.22. The molecule has 0 saturated carbocycles. The van der Waals surface area contributed by atoms with E-state index in [1.54, 1.807) is 12.1 Å². The lowest BCUT2D eigenvalue weighted by atomic mass is 10.2. The van der Waals surface area contributed by atoms with Crippen molar-refractivity contribution in [2.45, 2.75) is 0 Å². The van der Waals surface area contributed by atoms with Gasteiger partial charge in [0.1, 0.15) is 0 Å². The smallest absolute Gasteiger partial charge is 0.415 e. The van der Waals surface area contributed by atoms with Gasteiger partial charge in [-0.05, 0) is 0 Å². The molecule has 2 rings (SSSR count). The van der Waals surface area contributed by atoms with Crippen molar-refractivity contribution in [2.24, 2.45) is 4.99 Å². The number of ether oxygens (including phenoxy) is 1. The van der Waals surface area contributed by atoms with E-state index in [-0.39, 0.29) is 11.5 Å². The number of carbonyl (C=O) groups excluding carboxylic acids is 2. The summed E-state index contributed by atoms with van der Waals surface area (Å²) in [5.41, 5.74) is 0.665. The van der Waals surface area contributed by atoms with E-state index in [9.17, 15) is 9.59 Å². The van der Waals surface area contributed by atoms with Crippen molar-refractivity contribution >= 4 is 28.8 Å². The lowest BCUT2D eigenvalue weighted by Crippen LogP contribution is -2.33. The lowest BCUT2D eigenvalue weighted by molar-refractivity contribution is 0.102. The topological polar surface area (TPSA) is 59.0 Å². The largest absolute Gasteiger partial charge is 0.452 e. The number of Topliss-reactive ketones (excluding diaryl/α,β-unsaturated/α-hetero) is 1. The van der Waals surface area contributed by atoms with Gasteiger partial charge in [0.2, 0.25) is 0 Å². The summed E-state index contributed by atoms with van der Waals surface area (Å²) in [4.78, 5) is 29.1. The minimum absolute atomic E-state index is 0.0185. The van der Waals surface area contributed by atoms with E-state index < -0.39 is 6.09 Å². The molecule has 5 nitrogen and oxygen atoms in total. The minimum Gasteiger partial charge on any atom is -0.452 e. The van der Waals surface area contributed by atoms with E-state index in [2.05, 4.69) is 9.73 Å². The Bertz CT molecular complexity index is 502. The van der Waals surface area contributed by atoms with Crippen LogP contribution in [0.1, 0.15) is 10.4 Å². The van der Waals surface area contributed by atoms with Crippen LogP contribution in [0.25, 0.3) is 0 Å². The molecule has 100 valence electrons. The van der Waals surface area contributed by atoms with Gasteiger partial charge < -0.3 is 4.74 Å². The number of amidine groups is 1. The molecule has 0 N–H and O–H groups in total. The number of methoxy groups -OCH3 is 1. The van der Waals surface area contributed by atoms with Gasteiger partial charge in [0, 0.05) is 5.56 Å². The maximum atomic E-state index is 11.9. The molecule has 1 amide bonds. The van der Waals surface area contributed by atoms with Crippen molar-refractivity contribution in [1.29, 1.82) is 0 Å². The number of thioether (sulfide) groups is 1. The van der Waals surface area contributed by atoms with Crippen LogP contribution in [0.5, 0.6) is 0 Å². The summed E-state index contributed by atoms with van der Waals surface area (Å²) >= 11 is 1.26. The van der Waals surface area contributed by atoms with Crippen molar-refractivity contribution < 1.29 is 14.3 Å². The molecule has 6 heteroatoms. The number of ketones is 1. The molecule has 1 heterocycles. The van der Waals surface area contributed by atoms with Crippen LogP contribution in [0, 0.1) is 0 Å². The lowest BCUT2D eigenvalue weighted by Gasteiger charge is -2.15. The predicted octanol–water partition coefficient (Wildman–Crippen LogP) is 2.04. The molecule has 1 aliphatic rings. The first-order valence-corrected chi connectivity index (χ1v) is 6.82. The number of benzene rings is 1. The second-order valence-corrected chi connectivity index (χ2v) is 4.81. The van der Waals surface area contributed by atoms with Gasteiger partial charge in [0.25, 0.3) is 0 Å². The average Bonchev–Trinajstić information content (AvgIpc) is 2.93. The van der Waals surface area contributed by atoms with Crippen LogP contribution in [-0.4, -0.2) is 47.9 Å². The number of hydrogen-bond donors (Lipinski definition) is 0. The van der Waals surface area contributed by atoms with Gasteiger partial charge in [-0.1, -0.05) is 42.1 Å². The van der Waals surface area contributed by atoms with Gasteiger partial charge in [0.15, 0.2) is 11.0 Å². The molecule has 0 saturated heterocycles. The van der Waals surface area contributed by atoms with E-state index in [1.807, 2.05) is 18.2 Å². The minimum atomic E-state index is -0.434. The highest BCUT2D eigenvalue weighted by atomic mass is 32.2. The molecular weight excluding hydrogens is 264 g/mol. The number of nitrogens with zero attached hydrogens (tertiary/aromatic N) is 2.